The molecule has 0 saturated carbocycles. The van der Waals surface area contributed by atoms with Crippen LogP contribution in [0.3, 0.4) is 0 Å². The molecule has 7 nitrogen and oxygen atoms in total. The monoisotopic (exact) mass is 335 g/mol. The van der Waals surface area contributed by atoms with Crippen LogP contribution in [0.4, 0.5) is 20.6 Å². The van der Waals surface area contributed by atoms with E-state index in [4.69, 9.17) is 10.3 Å². The summed E-state index contributed by atoms with van der Waals surface area (Å²) in [5.74, 6) is -0.566. The van der Waals surface area contributed by atoms with E-state index in [2.05, 4.69) is 15.3 Å². The van der Waals surface area contributed by atoms with Crippen molar-refractivity contribution in [2.24, 2.45) is 5.11 Å². The first kappa shape index (κ1) is 17.9. The highest BCUT2D eigenvalue weighted by Crippen LogP contribution is 2.30. The van der Waals surface area contributed by atoms with Crippen LogP contribution in [0.25, 0.3) is 10.4 Å². The maximum atomic E-state index is 13.7. The van der Waals surface area contributed by atoms with Crippen molar-refractivity contribution < 1.29 is 13.9 Å². The zero-order chi connectivity index (χ0) is 17.7. The predicted octanol–water partition coefficient (Wildman–Crippen LogP) is 4.58. The summed E-state index contributed by atoms with van der Waals surface area (Å²) in [7, 11) is 0. The molecule has 1 heterocycles. The SMILES string of the molecule is CC(C)(C)OC(=O)N1CCC(Nc2cccc(F)c2N=[N+]=[N-])CC1. The lowest BCUT2D eigenvalue weighted by Gasteiger charge is -2.34. The van der Waals surface area contributed by atoms with Gasteiger partial charge in [-0.1, -0.05) is 11.2 Å². The summed E-state index contributed by atoms with van der Waals surface area (Å²) >= 11 is 0. The lowest BCUT2D eigenvalue weighted by atomic mass is 10.0. The van der Waals surface area contributed by atoms with Crippen molar-refractivity contribution in [3.05, 3.63) is 34.5 Å². The number of amides is 1. The van der Waals surface area contributed by atoms with Crippen LogP contribution in [0, 0.1) is 5.82 Å². The van der Waals surface area contributed by atoms with Gasteiger partial charge < -0.3 is 15.0 Å². The molecule has 0 aromatic heterocycles. The van der Waals surface area contributed by atoms with Crippen molar-refractivity contribution in [1.29, 1.82) is 0 Å². The van der Waals surface area contributed by atoms with Crippen LogP contribution < -0.4 is 5.32 Å². The van der Waals surface area contributed by atoms with Gasteiger partial charge in [-0.3, -0.25) is 0 Å². The van der Waals surface area contributed by atoms with Crippen LogP contribution in [0.1, 0.15) is 33.6 Å². The van der Waals surface area contributed by atoms with Gasteiger partial charge in [0.1, 0.15) is 11.4 Å². The van der Waals surface area contributed by atoms with Crippen LogP contribution >= 0.6 is 0 Å². The molecule has 1 N–H and O–H groups in total. The molecule has 0 bridgehead atoms. The second kappa shape index (κ2) is 7.40. The Morgan fingerprint density at radius 1 is 1.42 bits per heavy atom. The Labute approximate surface area is 140 Å². The van der Waals surface area contributed by atoms with Gasteiger partial charge >= 0.3 is 6.09 Å². The third kappa shape index (κ3) is 4.76. The Hall–Kier alpha value is -2.47. The first-order chi connectivity index (χ1) is 11.3. The second-order valence-corrected chi connectivity index (χ2v) is 6.71. The second-order valence-electron chi connectivity index (χ2n) is 6.71. The number of benzene rings is 1. The van der Waals surface area contributed by atoms with Crippen LogP contribution in [0.15, 0.2) is 23.3 Å². The van der Waals surface area contributed by atoms with E-state index in [0.29, 0.717) is 31.6 Å². The summed E-state index contributed by atoms with van der Waals surface area (Å²) < 4.78 is 19.1. The Morgan fingerprint density at radius 2 is 2.08 bits per heavy atom. The molecule has 0 radical (unpaired) electrons. The number of carbonyl (C=O) groups excluding carboxylic acids is 1. The van der Waals surface area contributed by atoms with E-state index in [0.717, 1.165) is 0 Å². The van der Waals surface area contributed by atoms with E-state index in [9.17, 15) is 9.18 Å². The molecule has 1 saturated heterocycles. The minimum Gasteiger partial charge on any atom is -0.444 e. The zero-order valence-corrected chi connectivity index (χ0v) is 14.1. The molecule has 8 heteroatoms. The number of rotatable bonds is 3. The summed E-state index contributed by atoms with van der Waals surface area (Å²) in [6.07, 6.45) is 1.08. The van der Waals surface area contributed by atoms with Crippen molar-refractivity contribution in [2.75, 3.05) is 18.4 Å². The van der Waals surface area contributed by atoms with Crippen LogP contribution in [0.5, 0.6) is 0 Å². The molecule has 0 spiro atoms. The molecule has 24 heavy (non-hydrogen) atoms. The van der Waals surface area contributed by atoms with Gasteiger partial charge in [-0.05, 0) is 51.3 Å². The molecule has 1 aliphatic rings. The van der Waals surface area contributed by atoms with Crippen molar-refractivity contribution in [1.82, 2.24) is 4.90 Å². The van der Waals surface area contributed by atoms with E-state index < -0.39 is 11.4 Å². The van der Waals surface area contributed by atoms with E-state index in [1.807, 2.05) is 20.8 Å². The number of nitrogens with zero attached hydrogens (tertiary/aromatic N) is 4. The minimum atomic E-state index is -0.566. The topological polar surface area (TPSA) is 90.3 Å². The smallest absolute Gasteiger partial charge is 0.410 e. The lowest BCUT2D eigenvalue weighted by Crippen LogP contribution is -2.44. The summed E-state index contributed by atoms with van der Waals surface area (Å²) in [6.45, 7) is 6.61. The molecule has 0 atom stereocenters. The molecule has 1 fully saturated rings. The summed E-state index contributed by atoms with van der Waals surface area (Å²) in [4.78, 5) is 16.4. The number of nitrogens with one attached hydrogen (secondary N) is 1. The molecule has 1 aromatic carbocycles. The number of ether oxygens (including phenoxy) is 1. The predicted molar refractivity (Wildman–Crippen MR) is 89.7 cm³/mol. The molecule has 130 valence electrons. The zero-order valence-electron chi connectivity index (χ0n) is 14.1. The van der Waals surface area contributed by atoms with Crippen LogP contribution in [0.2, 0.25) is 0 Å². The van der Waals surface area contributed by atoms with Crippen molar-refractivity contribution in [2.45, 2.75) is 45.3 Å². The first-order valence-electron chi connectivity index (χ1n) is 7.88. The van der Waals surface area contributed by atoms with Crippen LogP contribution in [-0.2, 0) is 4.74 Å². The number of halogens is 1. The van der Waals surface area contributed by atoms with Gasteiger partial charge in [0.15, 0.2) is 0 Å². The molecular formula is C16H22FN5O2. The van der Waals surface area contributed by atoms with Gasteiger partial charge in [-0.25, -0.2) is 9.18 Å². The van der Waals surface area contributed by atoms with E-state index >= 15 is 0 Å². The summed E-state index contributed by atoms with van der Waals surface area (Å²) in [6, 6.07) is 4.55. The number of carbonyl (C=O) groups is 1. The van der Waals surface area contributed by atoms with Gasteiger partial charge in [0.2, 0.25) is 0 Å². The fourth-order valence-electron chi connectivity index (χ4n) is 2.53. The number of anilines is 1. The Morgan fingerprint density at radius 3 is 2.67 bits per heavy atom. The van der Waals surface area contributed by atoms with Gasteiger partial charge in [0, 0.05) is 29.7 Å². The summed E-state index contributed by atoms with van der Waals surface area (Å²) in [5, 5.41) is 6.61. The highest BCUT2D eigenvalue weighted by molar-refractivity contribution is 5.69. The average molecular weight is 335 g/mol. The molecule has 2 rings (SSSR count). The Bertz CT molecular complexity index is 644. The van der Waals surface area contributed by atoms with Crippen LogP contribution in [-0.4, -0.2) is 35.7 Å². The molecule has 1 amide bonds. The lowest BCUT2D eigenvalue weighted by molar-refractivity contribution is 0.0210. The normalized spacial score (nSPS) is 15.6. The highest BCUT2D eigenvalue weighted by atomic mass is 19.1. The molecule has 0 unspecified atom stereocenters. The minimum absolute atomic E-state index is 0.0328. The van der Waals surface area contributed by atoms with E-state index in [1.54, 1.807) is 17.0 Å². The largest absolute Gasteiger partial charge is 0.444 e. The fraction of sp³-hybridized carbons (Fsp3) is 0.562. The third-order valence-corrected chi connectivity index (χ3v) is 3.64. The number of likely N-dealkylation sites (tertiary alicyclic amines) is 1. The molecule has 1 aliphatic heterocycles. The molecule has 1 aromatic rings. The van der Waals surface area contributed by atoms with Crippen molar-refractivity contribution in [3.63, 3.8) is 0 Å². The molecular weight excluding hydrogens is 313 g/mol. The maximum Gasteiger partial charge on any atom is 0.410 e. The van der Waals surface area contributed by atoms with Crippen molar-refractivity contribution in [3.8, 4) is 0 Å². The summed E-state index contributed by atoms with van der Waals surface area (Å²) in [5.41, 5.74) is 8.48. The Balaban J connectivity index is 1.96. The van der Waals surface area contributed by atoms with E-state index in [1.165, 1.54) is 6.07 Å². The number of piperidine rings is 1. The first-order valence-corrected chi connectivity index (χ1v) is 7.88. The number of azide groups is 1. The number of hydrogen-bond acceptors (Lipinski definition) is 4. The van der Waals surface area contributed by atoms with Gasteiger partial charge in [0.05, 0.1) is 5.69 Å². The standard InChI is InChI=1S/C16H22FN5O2/c1-16(2,3)24-15(23)22-9-7-11(8-10-22)19-13-6-4-5-12(17)14(13)20-21-18/h4-6,11,19H,7-10H2,1-3H3. The van der Waals surface area contributed by atoms with Gasteiger partial charge in [-0.15, -0.1) is 0 Å². The average Bonchev–Trinajstić information content (AvgIpc) is 2.50. The highest BCUT2D eigenvalue weighted by Gasteiger charge is 2.27. The fourth-order valence-corrected chi connectivity index (χ4v) is 2.53. The molecule has 0 aliphatic carbocycles. The quantitative estimate of drug-likeness (QED) is 0.498. The van der Waals surface area contributed by atoms with Gasteiger partial charge in [0.25, 0.3) is 0 Å². The van der Waals surface area contributed by atoms with Crippen molar-refractivity contribution >= 4 is 17.5 Å². The van der Waals surface area contributed by atoms with E-state index in [-0.39, 0.29) is 17.8 Å². The maximum absolute atomic E-state index is 13.7. The number of hydrogen-bond donors (Lipinski definition) is 1. The van der Waals surface area contributed by atoms with Gasteiger partial charge in [-0.2, -0.15) is 0 Å². The Kier molecular flexibility index (Phi) is 5.51. The third-order valence-electron chi connectivity index (χ3n) is 3.64.